The molecule has 2 fully saturated rings. The summed E-state index contributed by atoms with van der Waals surface area (Å²) in [4.78, 5) is 44.4. The van der Waals surface area contributed by atoms with Gasteiger partial charge in [-0.05, 0) is 43.0 Å². The third-order valence-electron chi connectivity index (χ3n) is 7.78. The molecule has 11 heteroatoms. The van der Waals surface area contributed by atoms with Gasteiger partial charge in [-0.2, -0.15) is 13.9 Å². The van der Waals surface area contributed by atoms with Crippen molar-refractivity contribution in [3.63, 3.8) is 0 Å². The van der Waals surface area contributed by atoms with Crippen LogP contribution in [0.15, 0.2) is 55.1 Å². The van der Waals surface area contributed by atoms with Crippen LogP contribution in [0.25, 0.3) is 11.1 Å². The topological polar surface area (TPSA) is 106 Å². The monoisotopic (exact) mass is 521 g/mol. The number of fused-ring (bicyclic) bond motifs is 4. The van der Waals surface area contributed by atoms with Gasteiger partial charge in [0, 0.05) is 28.1 Å². The summed E-state index contributed by atoms with van der Waals surface area (Å²) in [6, 6.07) is 9.30. The first kappa shape index (κ1) is 24.2. The number of amides is 2. The third-order valence-corrected chi connectivity index (χ3v) is 7.78. The Morgan fingerprint density at radius 3 is 2.66 bits per heavy atom. The molecule has 196 valence electrons. The van der Waals surface area contributed by atoms with Crippen molar-refractivity contribution in [3.8, 4) is 11.1 Å². The minimum Gasteiger partial charge on any atom is -0.464 e. The van der Waals surface area contributed by atoms with Crippen molar-refractivity contribution in [1.82, 2.24) is 25.0 Å². The molecule has 1 saturated heterocycles. The van der Waals surface area contributed by atoms with Crippen molar-refractivity contribution in [2.24, 2.45) is 5.41 Å². The first-order valence-electron chi connectivity index (χ1n) is 12.5. The maximum Gasteiger partial charge on any atom is 0.328 e. The predicted octanol–water partition coefficient (Wildman–Crippen LogP) is 2.75. The number of alkyl halides is 2. The van der Waals surface area contributed by atoms with Gasteiger partial charge in [-0.1, -0.05) is 30.3 Å². The standard InChI is InChI=1S/C27H25F2N5O4/c1-2-38-25(37)21-10-26(13-33-15-30-14-32-33)11-22(26)34(21)23(35)12-31-24(36)16-7-8-20-18(9-16)17-5-3-4-6-19(17)27(20,28)29/h3-9,14-15,21-22H,2,10-13H2,1H3,(H,31,36)/t21-,22-,26+/m0/s1. The van der Waals surface area contributed by atoms with Crippen LogP contribution in [0.2, 0.25) is 0 Å². The van der Waals surface area contributed by atoms with E-state index in [-0.39, 0.29) is 41.3 Å². The first-order valence-corrected chi connectivity index (χ1v) is 12.5. The molecular weight excluding hydrogens is 496 g/mol. The average Bonchev–Trinajstić information content (AvgIpc) is 3.20. The third kappa shape index (κ3) is 3.75. The molecule has 2 aromatic carbocycles. The fourth-order valence-electron chi connectivity index (χ4n) is 5.96. The zero-order valence-electron chi connectivity index (χ0n) is 20.6. The van der Waals surface area contributed by atoms with Crippen LogP contribution in [-0.4, -0.2) is 62.7 Å². The van der Waals surface area contributed by atoms with Crippen molar-refractivity contribution in [1.29, 1.82) is 0 Å². The lowest BCUT2D eigenvalue weighted by atomic mass is 9.99. The quantitative estimate of drug-likeness (QED) is 0.480. The van der Waals surface area contributed by atoms with E-state index in [4.69, 9.17) is 4.74 Å². The Kier molecular flexibility index (Phi) is 5.55. The summed E-state index contributed by atoms with van der Waals surface area (Å²) in [5.74, 6) is -4.59. The number of aromatic nitrogens is 3. The minimum absolute atomic E-state index is 0.0967. The smallest absolute Gasteiger partial charge is 0.328 e. The summed E-state index contributed by atoms with van der Waals surface area (Å²) in [6.07, 6.45) is 4.18. The maximum absolute atomic E-state index is 14.8. The number of carbonyl (C=O) groups excluding carboxylic acids is 3. The highest BCUT2D eigenvalue weighted by atomic mass is 19.3. The molecule has 0 bridgehead atoms. The Bertz CT molecular complexity index is 1440. The molecule has 2 amide bonds. The molecule has 1 saturated carbocycles. The van der Waals surface area contributed by atoms with Gasteiger partial charge >= 0.3 is 5.97 Å². The van der Waals surface area contributed by atoms with Gasteiger partial charge < -0.3 is 15.0 Å². The summed E-state index contributed by atoms with van der Waals surface area (Å²) in [7, 11) is 0. The number of likely N-dealkylation sites (tertiary alicyclic amines) is 1. The van der Waals surface area contributed by atoms with E-state index >= 15 is 0 Å². The number of nitrogens with one attached hydrogen (secondary N) is 1. The van der Waals surface area contributed by atoms with Crippen molar-refractivity contribution in [2.75, 3.05) is 13.2 Å². The number of carbonyl (C=O) groups is 3. The summed E-state index contributed by atoms with van der Waals surface area (Å²) in [6.45, 7) is 2.07. The molecule has 3 aliphatic rings. The molecule has 1 N–H and O–H groups in total. The first-order chi connectivity index (χ1) is 18.2. The SMILES string of the molecule is CCOC(=O)[C@@H]1C[C@]2(Cn3cncn3)C[C@@H]2N1C(=O)CNC(=O)c1ccc2c(c1)-c1ccccc1C2(F)F. The number of halogens is 2. The van der Waals surface area contributed by atoms with Crippen LogP contribution >= 0.6 is 0 Å². The van der Waals surface area contributed by atoms with Crippen LogP contribution in [-0.2, 0) is 26.8 Å². The number of hydrogen-bond acceptors (Lipinski definition) is 6. The average molecular weight is 522 g/mol. The van der Waals surface area contributed by atoms with Crippen molar-refractivity contribution in [3.05, 3.63) is 71.8 Å². The number of piperidine rings is 1. The highest BCUT2D eigenvalue weighted by Crippen LogP contribution is 2.60. The normalized spacial score (nSPS) is 23.8. The highest BCUT2D eigenvalue weighted by molar-refractivity contribution is 5.99. The number of nitrogens with zero attached hydrogens (tertiary/aromatic N) is 4. The van der Waals surface area contributed by atoms with Gasteiger partial charge in [0.1, 0.15) is 18.7 Å². The summed E-state index contributed by atoms with van der Waals surface area (Å²) < 4.78 is 36.6. The lowest BCUT2D eigenvalue weighted by Crippen LogP contribution is -2.48. The second kappa shape index (κ2) is 8.71. The van der Waals surface area contributed by atoms with Crippen molar-refractivity contribution in [2.45, 2.75) is 44.3 Å². The molecule has 3 aromatic rings. The fraction of sp³-hybridized carbons (Fsp3) is 0.370. The number of esters is 1. The minimum atomic E-state index is -3.14. The molecule has 2 aliphatic carbocycles. The van der Waals surface area contributed by atoms with E-state index in [0.29, 0.717) is 30.5 Å². The van der Waals surface area contributed by atoms with E-state index in [2.05, 4.69) is 15.4 Å². The predicted molar refractivity (Wildman–Crippen MR) is 130 cm³/mol. The Balaban J connectivity index is 1.17. The van der Waals surface area contributed by atoms with Crippen LogP contribution in [0.1, 0.15) is 41.3 Å². The zero-order valence-corrected chi connectivity index (χ0v) is 20.6. The van der Waals surface area contributed by atoms with Crippen molar-refractivity contribution >= 4 is 17.8 Å². The lowest BCUT2D eigenvalue weighted by Gasteiger charge is -2.26. The number of hydrogen-bond donors (Lipinski definition) is 1. The van der Waals surface area contributed by atoms with Crippen LogP contribution in [0.3, 0.4) is 0 Å². The van der Waals surface area contributed by atoms with Gasteiger partial charge in [-0.25, -0.2) is 9.78 Å². The van der Waals surface area contributed by atoms with E-state index in [1.165, 1.54) is 35.5 Å². The molecule has 38 heavy (non-hydrogen) atoms. The molecule has 3 atom stereocenters. The van der Waals surface area contributed by atoms with Crippen LogP contribution in [0, 0.1) is 5.41 Å². The molecule has 0 radical (unpaired) electrons. The summed E-state index contributed by atoms with van der Waals surface area (Å²) in [5.41, 5.74) is 0.286. The summed E-state index contributed by atoms with van der Waals surface area (Å²) in [5, 5.41) is 6.75. The summed E-state index contributed by atoms with van der Waals surface area (Å²) >= 11 is 0. The van der Waals surface area contributed by atoms with Crippen LogP contribution < -0.4 is 5.32 Å². The van der Waals surface area contributed by atoms with Crippen LogP contribution in [0.4, 0.5) is 8.78 Å². The van der Waals surface area contributed by atoms with E-state index in [1.54, 1.807) is 36.1 Å². The molecule has 1 aromatic heterocycles. The van der Waals surface area contributed by atoms with Gasteiger partial charge in [-0.3, -0.25) is 14.3 Å². The Labute approximate surface area is 216 Å². The molecule has 0 unspecified atom stereocenters. The molecule has 0 spiro atoms. The Morgan fingerprint density at radius 1 is 1.11 bits per heavy atom. The fourth-order valence-corrected chi connectivity index (χ4v) is 5.96. The van der Waals surface area contributed by atoms with Gasteiger partial charge in [-0.15, -0.1) is 0 Å². The Hall–Kier alpha value is -4.15. The molecule has 6 rings (SSSR count). The second-order valence-electron chi connectivity index (χ2n) is 10.0. The highest BCUT2D eigenvalue weighted by Gasteiger charge is 2.67. The van der Waals surface area contributed by atoms with E-state index < -0.39 is 29.7 Å². The van der Waals surface area contributed by atoms with Crippen LogP contribution in [0.5, 0.6) is 0 Å². The lowest BCUT2D eigenvalue weighted by molar-refractivity contribution is -0.153. The number of rotatable bonds is 7. The van der Waals surface area contributed by atoms with Gasteiger partial charge in [0.2, 0.25) is 5.91 Å². The van der Waals surface area contributed by atoms with E-state index in [9.17, 15) is 23.2 Å². The Morgan fingerprint density at radius 2 is 1.89 bits per heavy atom. The van der Waals surface area contributed by atoms with Crippen molar-refractivity contribution < 1.29 is 27.9 Å². The second-order valence-corrected chi connectivity index (χ2v) is 10.0. The van der Waals surface area contributed by atoms with Gasteiger partial charge in [0.15, 0.2) is 0 Å². The largest absolute Gasteiger partial charge is 0.464 e. The van der Waals surface area contributed by atoms with E-state index in [0.717, 1.165) is 0 Å². The number of benzene rings is 2. The maximum atomic E-state index is 14.8. The molecule has 1 aliphatic heterocycles. The van der Waals surface area contributed by atoms with Gasteiger partial charge in [0.05, 0.1) is 19.7 Å². The molecular formula is C27H25F2N5O4. The van der Waals surface area contributed by atoms with E-state index in [1.807, 2.05) is 0 Å². The molecule has 9 nitrogen and oxygen atoms in total. The number of ether oxygens (including phenoxy) is 1. The zero-order chi connectivity index (χ0) is 26.7. The molecule has 2 heterocycles. The van der Waals surface area contributed by atoms with Gasteiger partial charge in [0.25, 0.3) is 11.8 Å².